The van der Waals surface area contributed by atoms with Crippen LogP contribution in [-0.4, -0.2) is 53.3 Å². The molecule has 2 aliphatic rings. The van der Waals surface area contributed by atoms with Gasteiger partial charge in [-0.1, -0.05) is 0 Å². The molecule has 3 N–H and O–H groups in total. The Morgan fingerprint density at radius 3 is 2.67 bits per heavy atom. The van der Waals surface area contributed by atoms with Crippen molar-refractivity contribution in [2.45, 2.75) is 18.4 Å². The monoisotopic (exact) mass is 171 g/mol. The van der Waals surface area contributed by atoms with Crippen molar-refractivity contribution in [3.63, 3.8) is 0 Å². The van der Waals surface area contributed by atoms with E-state index in [1.807, 2.05) is 5.01 Å². The molecule has 0 atom stereocenters. The van der Waals surface area contributed by atoms with E-state index in [0.717, 1.165) is 26.2 Å². The summed E-state index contributed by atoms with van der Waals surface area (Å²) in [5.74, 6) is 5.75. The van der Waals surface area contributed by atoms with Gasteiger partial charge in [0.15, 0.2) is 0 Å². The molecule has 12 heavy (non-hydrogen) atoms. The predicted molar refractivity (Wildman–Crippen MR) is 46.4 cm³/mol. The quantitative estimate of drug-likeness (QED) is 0.523. The number of nitrogens with zero attached hydrogens (tertiary/aromatic N) is 2. The summed E-state index contributed by atoms with van der Waals surface area (Å²) in [6.45, 7) is 4.01. The molecule has 1 saturated heterocycles. The highest BCUT2D eigenvalue weighted by Gasteiger charge is 2.50. The van der Waals surface area contributed by atoms with Crippen molar-refractivity contribution >= 4 is 0 Å². The van der Waals surface area contributed by atoms with E-state index in [9.17, 15) is 0 Å². The van der Waals surface area contributed by atoms with Crippen molar-refractivity contribution in [3.05, 3.63) is 0 Å². The van der Waals surface area contributed by atoms with E-state index < -0.39 is 0 Å². The summed E-state index contributed by atoms with van der Waals surface area (Å²) in [4.78, 5) is 2.39. The van der Waals surface area contributed by atoms with E-state index in [0.29, 0.717) is 5.54 Å². The maximum absolute atomic E-state index is 8.86. The van der Waals surface area contributed by atoms with Gasteiger partial charge in [-0.2, -0.15) is 0 Å². The van der Waals surface area contributed by atoms with Crippen molar-refractivity contribution in [1.29, 1.82) is 0 Å². The average molecular weight is 171 g/mol. The molecule has 1 saturated carbocycles. The summed E-state index contributed by atoms with van der Waals surface area (Å²) in [6, 6.07) is 0. The molecule has 1 heterocycles. The second-order valence-corrected chi connectivity index (χ2v) is 3.91. The minimum Gasteiger partial charge on any atom is -0.395 e. The summed E-state index contributed by atoms with van der Waals surface area (Å²) >= 11 is 0. The van der Waals surface area contributed by atoms with Gasteiger partial charge < -0.3 is 5.11 Å². The first-order valence-corrected chi connectivity index (χ1v) is 4.62. The van der Waals surface area contributed by atoms with Crippen LogP contribution in [0.5, 0.6) is 0 Å². The fourth-order valence-electron chi connectivity index (χ4n) is 2.13. The average Bonchev–Trinajstić information content (AvgIpc) is 2.77. The molecule has 1 spiro atoms. The highest BCUT2D eigenvalue weighted by molar-refractivity contribution is 5.07. The third-order valence-corrected chi connectivity index (χ3v) is 3.02. The molecule has 1 aliphatic carbocycles. The number of hydrogen-bond donors (Lipinski definition) is 2. The van der Waals surface area contributed by atoms with E-state index in [4.69, 9.17) is 10.9 Å². The molecule has 2 fully saturated rings. The zero-order valence-electron chi connectivity index (χ0n) is 7.37. The van der Waals surface area contributed by atoms with Crippen molar-refractivity contribution < 1.29 is 5.11 Å². The highest BCUT2D eigenvalue weighted by Crippen LogP contribution is 2.43. The van der Waals surface area contributed by atoms with Gasteiger partial charge in [-0.25, -0.2) is 5.01 Å². The van der Waals surface area contributed by atoms with Gasteiger partial charge in [0, 0.05) is 31.7 Å². The van der Waals surface area contributed by atoms with Crippen molar-refractivity contribution in [1.82, 2.24) is 9.91 Å². The number of β-amino-alcohol motifs (C(OH)–C–C–N with tert-alkyl or cyclic N) is 1. The lowest BCUT2D eigenvalue weighted by atomic mass is 10.1. The van der Waals surface area contributed by atoms with Crippen LogP contribution in [0.3, 0.4) is 0 Å². The summed E-state index contributed by atoms with van der Waals surface area (Å²) < 4.78 is 0. The van der Waals surface area contributed by atoms with Crippen molar-refractivity contribution in [2.75, 3.05) is 32.8 Å². The van der Waals surface area contributed by atoms with E-state index in [2.05, 4.69) is 4.90 Å². The normalized spacial score (nSPS) is 29.5. The van der Waals surface area contributed by atoms with Crippen LogP contribution in [0.1, 0.15) is 12.8 Å². The summed E-state index contributed by atoms with van der Waals surface area (Å²) in [5, 5.41) is 10.8. The molecular formula is C8H17N3O. The second-order valence-electron chi connectivity index (χ2n) is 3.91. The van der Waals surface area contributed by atoms with Gasteiger partial charge in [0.1, 0.15) is 0 Å². The Hall–Kier alpha value is -0.160. The van der Waals surface area contributed by atoms with Crippen molar-refractivity contribution in [3.8, 4) is 0 Å². The zero-order chi connectivity index (χ0) is 8.60. The molecule has 70 valence electrons. The molecule has 0 bridgehead atoms. The van der Waals surface area contributed by atoms with Crippen LogP contribution in [0.25, 0.3) is 0 Å². The minimum atomic E-state index is 0.270. The summed E-state index contributed by atoms with van der Waals surface area (Å²) in [7, 11) is 0. The van der Waals surface area contributed by atoms with E-state index >= 15 is 0 Å². The minimum absolute atomic E-state index is 0.270. The van der Waals surface area contributed by atoms with Gasteiger partial charge in [0.05, 0.1) is 6.61 Å². The molecule has 4 nitrogen and oxygen atoms in total. The van der Waals surface area contributed by atoms with Crippen LogP contribution >= 0.6 is 0 Å². The number of hydrazine groups is 1. The first-order chi connectivity index (χ1) is 5.77. The van der Waals surface area contributed by atoms with E-state index in [1.54, 1.807) is 0 Å². The molecule has 0 radical (unpaired) electrons. The SMILES string of the molecule is NN1CCN(CCO)C2(CC2)C1. The summed E-state index contributed by atoms with van der Waals surface area (Å²) in [5.41, 5.74) is 0.343. The molecule has 0 aromatic rings. The van der Waals surface area contributed by atoms with Crippen LogP contribution < -0.4 is 5.84 Å². The fraction of sp³-hybridized carbons (Fsp3) is 1.00. The second kappa shape index (κ2) is 2.96. The predicted octanol–water partition coefficient (Wildman–Crippen LogP) is -0.997. The molecule has 0 amide bonds. The van der Waals surface area contributed by atoms with Gasteiger partial charge >= 0.3 is 0 Å². The van der Waals surface area contributed by atoms with Crippen LogP contribution in [0, 0.1) is 0 Å². The highest BCUT2D eigenvalue weighted by atomic mass is 16.3. The molecular weight excluding hydrogens is 154 g/mol. The standard InChI is InChI=1S/C8H17N3O/c9-11-4-3-10(5-6-12)8(7-11)1-2-8/h12H,1-7,9H2. The molecule has 2 rings (SSSR count). The van der Waals surface area contributed by atoms with Crippen LogP contribution in [-0.2, 0) is 0 Å². The number of aliphatic hydroxyl groups excluding tert-OH is 1. The fourth-order valence-corrected chi connectivity index (χ4v) is 2.13. The number of hydrogen-bond acceptors (Lipinski definition) is 4. The third kappa shape index (κ3) is 1.35. The molecule has 0 aromatic carbocycles. The lowest BCUT2D eigenvalue weighted by Crippen LogP contribution is -2.57. The lowest BCUT2D eigenvalue weighted by Gasteiger charge is -2.39. The molecule has 0 unspecified atom stereocenters. The van der Waals surface area contributed by atoms with E-state index in [1.165, 1.54) is 12.8 Å². The van der Waals surface area contributed by atoms with Gasteiger partial charge in [0.25, 0.3) is 0 Å². The molecule has 0 aromatic heterocycles. The Morgan fingerprint density at radius 1 is 1.33 bits per heavy atom. The Labute approximate surface area is 72.9 Å². The van der Waals surface area contributed by atoms with Crippen LogP contribution in [0.2, 0.25) is 0 Å². The number of rotatable bonds is 2. The maximum Gasteiger partial charge on any atom is 0.0558 e. The number of nitrogens with two attached hydrogens (primary N) is 1. The zero-order valence-corrected chi connectivity index (χ0v) is 7.37. The van der Waals surface area contributed by atoms with E-state index in [-0.39, 0.29) is 6.61 Å². The first-order valence-electron chi connectivity index (χ1n) is 4.62. The van der Waals surface area contributed by atoms with Crippen LogP contribution in [0.15, 0.2) is 0 Å². The molecule has 1 aliphatic heterocycles. The number of piperazine rings is 1. The van der Waals surface area contributed by atoms with Gasteiger partial charge in [-0.15, -0.1) is 0 Å². The third-order valence-electron chi connectivity index (χ3n) is 3.02. The maximum atomic E-state index is 8.86. The Bertz CT molecular complexity index is 170. The Morgan fingerprint density at radius 2 is 2.08 bits per heavy atom. The smallest absolute Gasteiger partial charge is 0.0558 e. The summed E-state index contributed by atoms with van der Waals surface area (Å²) in [6.07, 6.45) is 2.50. The van der Waals surface area contributed by atoms with Crippen LogP contribution in [0.4, 0.5) is 0 Å². The van der Waals surface area contributed by atoms with Crippen molar-refractivity contribution in [2.24, 2.45) is 5.84 Å². The van der Waals surface area contributed by atoms with Gasteiger partial charge in [-0.3, -0.25) is 10.7 Å². The number of aliphatic hydroxyl groups is 1. The van der Waals surface area contributed by atoms with Gasteiger partial charge in [0.2, 0.25) is 0 Å². The van der Waals surface area contributed by atoms with Gasteiger partial charge in [-0.05, 0) is 12.8 Å². The molecule has 4 heteroatoms. The largest absolute Gasteiger partial charge is 0.395 e. The topological polar surface area (TPSA) is 52.7 Å². The Balaban J connectivity index is 1.96. The lowest BCUT2D eigenvalue weighted by molar-refractivity contribution is 0.0460. The first kappa shape index (κ1) is 8.44. The Kier molecular flexibility index (Phi) is 2.08.